The third-order valence-corrected chi connectivity index (χ3v) is 7.23. The van der Waals surface area contributed by atoms with E-state index in [1.54, 1.807) is 12.1 Å². The molecule has 1 unspecified atom stereocenters. The van der Waals surface area contributed by atoms with Crippen LogP contribution in [0.3, 0.4) is 0 Å². The van der Waals surface area contributed by atoms with Crippen molar-refractivity contribution in [3.05, 3.63) is 45.1 Å². The van der Waals surface area contributed by atoms with Crippen molar-refractivity contribution in [3.8, 4) is 0 Å². The van der Waals surface area contributed by atoms with Gasteiger partial charge in [0.25, 0.3) is 11.8 Å². The van der Waals surface area contributed by atoms with E-state index in [-0.39, 0.29) is 22.0 Å². The minimum atomic E-state index is -0.506. The van der Waals surface area contributed by atoms with Gasteiger partial charge in [0.2, 0.25) is 0 Å². The summed E-state index contributed by atoms with van der Waals surface area (Å²) in [6, 6.07) is 3.24. The van der Waals surface area contributed by atoms with Gasteiger partial charge in [-0.05, 0) is 48.3 Å². The molecule has 1 aliphatic rings. The van der Waals surface area contributed by atoms with E-state index in [0.717, 1.165) is 36.1 Å². The second-order valence-corrected chi connectivity index (χ2v) is 9.11. The van der Waals surface area contributed by atoms with Crippen molar-refractivity contribution < 1.29 is 9.59 Å². The Morgan fingerprint density at radius 1 is 1.44 bits per heavy atom. The number of fused-ring (bicyclic) bond motifs is 1. The van der Waals surface area contributed by atoms with Crippen LogP contribution in [0.25, 0.3) is 0 Å². The van der Waals surface area contributed by atoms with Crippen molar-refractivity contribution in [2.24, 2.45) is 17.1 Å². The monoisotopic (exact) mass is 405 g/mol. The number of hydrogen-bond donors (Lipinski definition) is 2. The van der Waals surface area contributed by atoms with Gasteiger partial charge in [-0.1, -0.05) is 38.8 Å². The van der Waals surface area contributed by atoms with Gasteiger partial charge in [-0.3, -0.25) is 9.59 Å². The first-order valence-corrected chi connectivity index (χ1v) is 10.3. The zero-order valence-corrected chi connectivity index (χ0v) is 17.3. The van der Waals surface area contributed by atoms with Crippen molar-refractivity contribution in [2.75, 3.05) is 5.32 Å². The van der Waals surface area contributed by atoms with Crippen LogP contribution in [0.4, 0.5) is 5.00 Å². The Morgan fingerprint density at radius 2 is 2.19 bits per heavy atom. The van der Waals surface area contributed by atoms with Crippen LogP contribution in [-0.2, 0) is 12.8 Å². The van der Waals surface area contributed by atoms with Gasteiger partial charge in [-0.15, -0.1) is 11.3 Å². The van der Waals surface area contributed by atoms with Crippen LogP contribution in [0, 0.1) is 11.3 Å². The average Bonchev–Trinajstić information content (AvgIpc) is 2.99. The van der Waals surface area contributed by atoms with Crippen LogP contribution in [-0.4, -0.2) is 16.8 Å². The molecule has 1 atom stereocenters. The van der Waals surface area contributed by atoms with Crippen LogP contribution in [0.2, 0.25) is 5.15 Å². The maximum atomic E-state index is 12.6. The first-order valence-electron chi connectivity index (χ1n) is 9.10. The van der Waals surface area contributed by atoms with Gasteiger partial charge in [-0.2, -0.15) is 0 Å². The maximum Gasteiger partial charge on any atom is 0.259 e. The minimum absolute atomic E-state index is 0.127. The highest BCUT2D eigenvalue weighted by molar-refractivity contribution is 7.17. The molecule has 1 aliphatic carbocycles. The molecule has 0 saturated carbocycles. The molecule has 27 heavy (non-hydrogen) atoms. The molecule has 2 heterocycles. The molecule has 0 aliphatic heterocycles. The van der Waals surface area contributed by atoms with Crippen molar-refractivity contribution >= 4 is 39.8 Å². The molecule has 3 rings (SSSR count). The van der Waals surface area contributed by atoms with Gasteiger partial charge >= 0.3 is 0 Å². The van der Waals surface area contributed by atoms with Crippen LogP contribution in [0.15, 0.2) is 18.3 Å². The summed E-state index contributed by atoms with van der Waals surface area (Å²) >= 11 is 7.47. The molecule has 2 aromatic heterocycles. The molecule has 0 aromatic carbocycles. The number of rotatable bonds is 5. The van der Waals surface area contributed by atoms with E-state index in [2.05, 4.69) is 31.1 Å². The SMILES string of the molecule is CCC(C)(C)C1CCc2c(sc(NC(=O)c3cccnc3Cl)c2C(N)=O)C1. The van der Waals surface area contributed by atoms with Crippen molar-refractivity contribution in [2.45, 2.75) is 46.5 Å². The highest BCUT2D eigenvalue weighted by Crippen LogP contribution is 2.45. The Balaban J connectivity index is 1.93. The summed E-state index contributed by atoms with van der Waals surface area (Å²) in [6.45, 7) is 6.79. The number of primary amides is 1. The fourth-order valence-corrected chi connectivity index (χ4v) is 5.15. The predicted molar refractivity (Wildman–Crippen MR) is 110 cm³/mol. The second-order valence-electron chi connectivity index (χ2n) is 7.65. The first kappa shape index (κ1) is 19.8. The number of nitrogens with zero attached hydrogens (tertiary/aromatic N) is 1. The Hall–Kier alpha value is -1.92. The Kier molecular flexibility index (Phi) is 5.58. The first-order chi connectivity index (χ1) is 12.7. The van der Waals surface area contributed by atoms with Gasteiger partial charge in [0.05, 0.1) is 11.1 Å². The topological polar surface area (TPSA) is 85.1 Å². The van der Waals surface area contributed by atoms with Crippen molar-refractivity contribution in [1.29, 1.82) is 0 Å². The Labute approximate surface area is 168 Å². The summed E-state index contributed by atoms with van der Waals surface area (Å²) in [5.74, 6) is -0.349. The molecule has 3 N–H and O–H groups in total. The highest BCUT2D eigenvalue weighted by Gasteiger charge is 2.35. The number of thiophene rings is 1. The largest absolute Gasteiger partial charge is 0.365 e. The van der Waals surface area contributed by atoms with Gasteiger partial charge in [0, 0.05) is 11.1 Å². The van der Waals surface area contributed by atoms with E-state index < -0.39 is 5.91 Å². The summed E-state index contributed by atoms with van der Waals surface area (Å²) in [7, 11) is 0. The minimum Gasteiger partial charge on any atom is -0.365 e. The summed E-state index contributed by atoms with van der Waals surface area (Å²) in [5.41, 5.74) is 7.59. The number of aromatic nitrogens is 1. The van der Waals surface area contributed by atoms with E-state index in [4.69, 9.17) is 17.3 Å². The van der Waals surface area contributed by atoms with Gasteiger partial charge < -0.3 is 11.1 Å². The summed E-state index contributed by atoms with van der Waals surface area (Å²) in [4.78, 5) is 29.8. The Morgan fingerprint density at radius 3 is 2.81 bits per heavy atom. The number of halogens is 1. The molecule has 0 fully saturated rings. The quantitative estimate of drug-likeness (QED) is 0.707. The number of anilines is 1. The molecule has 2 amide bonds. The highest BCUT2D eigenvalue weighted by atomic mass is 35.5. The molecule has 0 spiro atoms. The third-order valence-electron chi connectivity index (χ3n) is 5.76. The third kappa shape index (κ3) is 3.87. The lowest BCUT2D eigenvalue weighted by molar-refractivity contribution is 0.0999. The normalized spacial score (nSPS) is 16.7. The number of pyridine rings is 1. The molecule has 5 nitrogen and oxygen atoms in total. The lowest BCUT2D eigenvalue weighted by Gasteiger charge is -2.36. The molecular formula is C20H24ClN3O2S. The molecule has 0 bridgehead atoms. The second kappa shape index (κ2) is 7.60. The average molecular weight is 406 g/mol. The molecular weight excluding hydrogens is 382 g/mol. The summed E-state index contributed by atoms with van der Waals surface area (Å²) in [6.07, 6.45) is 5.36. The van der Waals surface area contributed by atoms with Crippen LogP contribution in [0.1, 0.15) is 64.8 Å². The number of nitrogens with one attached hydrogen (secondary N) is 1. The van der Waals surface area contributed by atoms with Gasteiger partial charge in [0.1, 0.15) is 10.2 Å². The molecule has 144 valence electrons. The zero-order chi connectivity index (χ0) is 19.8. The van der Waals surface area contributed by atoms with Gasteiger partial charge in [0.15, 0.2) is 0 Å². The number of carbonyl (C=O) groups excluding carboxylic acids is 2. The van der Waals surface area contributed by atoms with Crippen LogP contribution < -0.4 is 11.1 Å². The Bertz CT molecular complexity index is 891. The number of amides is 2. The van der Waals surface area contributed by atoms with E-state index in [9.17, 15) is 9.59 Å². The van der Waals surface area contributed by atoms with Gasteiger partial charge in [-0.25, -0.2) is 4.98 Å². The van der Waals surface area contributed by atoms with Crippen molar-refractivity contribution in [3.63, 3.8) is 0 Å². The molecule has 0 radical (unpaired) electrons. The smallest absolute Gasteiger partial charge is 0.259 e. The predicted octanol–water partition coefficient (Wildman–Crippen LogP) is 4.69. The van der Waals surface area contributed by atoms with E-state index in [0.29, 0.717) is 16.5 Å². The van der Waals surface area contributed by atoms with Crippen LogP contribution >= 0.6 is 22.9 Å². The number of nitrogens with two attached hydrogens (primary N) is 1. The fraction of sp³-hybridized carbons (Fsp3) is 0.450. The summed E-state index contributed by atoms with van der Waals surface area (Å²) < 4.78 is 0. The molecule has 7 heteroatoms. The zero-order valence-electron chi connectivity index (χ0n) is 15.8. The van der Waals surface area contributed by atoms with E-state index in [1.807, 2.05) is 0 Å². The number of carbonyl (C=O) groups is 2. The molecule has 0 saturated heterocycles. The van der Waals surface area contributed by atoms with Crippen molar-refractivity contribution in [1.82, 2.24) is 4.98 Å². The maximum absolute atomic E-state index is 12.6. The fourth-order valence-electron chi connectivity index (χ4n) is 3.62. The number of hydrogen-bond acceptors (Lipinski definition) is 4. The molecule has 2 aromatic rings. The van der Waals surface area contributed by atoms with Crippen LogP contribution in [0.5, 0.6) is 0 Å². The van der Waals surface area contributed by atoms with E-state index in [1.165, 1.54) is 17.5 Å². The summed E-state index contributed by atoms with van der Waals surface area (Å²) in [5, 5.41) is 3.46. The standard InChI is InChI=1S/C20H24ClN3O2S/c1-4-20(2,3)11-7-8-12-14(10-11)27-19(15(12)17(22)25)24-18(26)13-6-5-9-23-16(13)21/h5-6,9,11H,4,7-8,10H2,1-3H3,(H2,22,25)(H,24,26). The lowest BCUT2D eigenvalue weighted by Crippen LogP contribution is -2.29. The lowest BCUT2D eigenvalue weighted by atomic mass is 9.69. The van der Waals surface area contributed by atoms with E-state index >= 15 is 0 Å².